The summed E-state index contributed by atoms with van der Waals surface area (Å²) in [4.78, 5) is 37.6. The van der Waals surface area contributed by atoms with Gasteiger partial charge in [0.1, 0.15) is 12.4 Å². The van der Waals surface area contributed by atoms with E-state index in [-0.39, 0.29) is 37.2 Å². The molecule has 0 fully saturated rings. The minimum atomic E-state index is -0.457. The lowest BCUT2D eigenvalue weighted by atomic mass is 10.1. The fraction of sp³-hybridized carbons (Fsp3) is 0.250. The van der Waals surface area contributed by atoms with Gasteiger partial charge in [0, 0.05) is 13.0 Å². The van der Waals surface area contributed by atoms with Gasteiger partial charge in [0.15, 0.2) is 0 Å². The van der Waals surface area contributed by atoms with Crippen LogP contribution in [0.4, 0.5) is 4.39 Å². The van der Waals surface area contributed by atoms with E-state index < -0.39 is 5.97 Å². The first-order valence-electron chi connectivity index (χ1n) is 8.32. The summed E-state index contributed by atoms with van der Waals surface area (Å²) >= 11 is 0. The lowest BCUT2D eigenvalue weighted by Crippen LogP contribution is -2.31. The largest absolute Gasteiger partial charge is 0.461 e. The molecule has 0 saturated carbocycles. The molecule has 1 aliphatic heterocycles. The predicted molar refractivity (Wildman–Crippen MR) is 92.0 cm³/mol. The molecule has 0 saturated heterocycles. The van der Waals surface area contributed by atoms with Gasteiger partial charge in [-0.15, -0.1) is 0 Å². The van der Waals surface area contributed by atoms with Crippen molar-refractivity contribution in [3.8, 4) is 0 Å². The zero-order valence-electron chi connectivity index (χ0n) is 14.3. The molecule has 0 unspecified atom stereocenters. The summed E-state index contributed by atoms with van der Waals surface area (Å²) in [6, 6.07) is 11.0. The highest BCUT2D eigenvalue weighted by Gasteiger charge is 2.34. The molecule has 0 atom stereocenters. The number of halogens is 1. The Morgan fingerprint density at radius 3 is 2.62 bits per heavy atom. The Hall–Kier alpha value is -3.02. The quantitative estimate of drug-likeness (QED) is 0.589. The van der Waals surface area contributed by atoms with Crippen molar-refractivity contribution in [2.75, 3.05) is 6.54 Å². The number of aryl methyl sites for hydroxylation is 1. The Bertz CT molecular complexity index is 878. The smallest absolute Gasteiger partial charge is 0.306 e. The van der Waals surface area contributed by atoms with Crippen LogP contribution in [0.2, 0.25) is 0 Å². The van der Waals surface area contributed by atoms with E-state index in [1.165, 1.54) is 12.1 Å². The van der Waals surface area contributed by atoms with Crippen LogP contribution >= 0.6 is 0 Å². The minimum absolute atomic E-state index is 0.0110. The third-order valence-corrected chi connectivity index (χ3v) is 4.18. The first-order valence-corrected chi connectivity index (χ1v) is 8.32. The normalized spacial score (nSPS) is 13.1. The van der Waals surface area contributed by atoms with Crippen molar-refractivity contribution >= 4 is 17.8 Å². The van der Waals surface area contributed by atoms with Gasteiger partial charge < -0.3 is 4.74 Å². The Morgan fingerprint density at radius 1 is 1.08 bits per heavy atom. The van der Waals surface area contributed by atoms with Crippen LogP contribution in [0, 0.1) is 12.7 Å². The molecule has 1 heterocycles. The van der Waals surface area contributed by atoms with E-state index in [2.05, 4.69) is 0 Å². The molecule has 0 spiro atoms. The number of nitrogens with zero attached hydrogens (tertiary/aromatic N) is 1. The lowest BCUT2D eigenvalue weighted by molar-refractivity contribution is -0.145. The lowest BCUT2D eigenvalue weighted by Gasteiger charge is -2.13. The van der Waals surface area contributed by atoms with Crippen molar-refractivity contribution in [1.82, 2.24) is 4.90 Å². The number of rotatable bonds is 6. The van der Waals surface area contributed by atoms with Gasteiger partial charge in [-0.25, -0.2) is 4.39 Å². The van der Waals surface area contributed by atoms with Gasteiger partial charge in [0.2, 0.25) is 0 Å². The number of hydrogen-bond acceptors (Lipinski definition) is 4. The van der Waals surface area contributed by atoms with Crippen LogP contribution in [0.1, 0.15) is 44.7 Å². The van der Waals surface area contributed by atoms with E-state index in [4.69, 9.17) is 4.74 Å². The molecule has 0 aromatic heterocycles. The average Bonchev–Trinajstić information content (AvgIpc) is 2.84. The highest BCUT2D eigenvalue weighted by molar-refractivity contribution is 6.21. The molecule has 2 aromatic rings. The number of fused-ring (bicyclic) bond motifs is 1. The topological polar surface area (TPSA) is 63.7 Å². The predicted octanol–water partition coefficient (Wildman–Crippen LogP) is 3.25. The van der Waals surface area contributed by atoms with Crippen LogP contribution in [0.3, 0.4) is 0 Å². The first kappa shape index (κ1) is 17.8. The molecule has 1 aliphatic rings. The summed E-state index contributed by atoms with van der Waals surface area (Å²) in [6.07, 6.45) is 0.383. The number of ether oxygens (including phenoxy) is 1. The molecule has 2 amide bonds. The molecular formula is C20H18FNO4. The number of esters is 1. The number of carbonyl (C=O) groups is 3. The van der Waals surface area contributed by atoms with Crippen molar-refractivity contribution in [2.45, 2.75) is 26.4 Å². The third-order valence-electron chi connectivity index (χ3n) is 4.18. The van der Waals surface area contributed by atoms with E-state index in [1.54, 1.807) is 30.3 Å². The fourth-order valence-electron chi connectivity index (χ4n) is 2.85. The van der Waals surface area contributed by atoms with Gasteiger partial charge in [-0.2, -0.15) is 0 Å². The van der Waals surface area contributed by atoms with Gasteiger partial charge >= 0.3 is 5.97 Å². The average molecular weight is 355 g/mol. The van der Waals surface area contributed by atoms with Crippen molar-refractivity contribution in [1.29, 1.82) is 0 Å². The number of carbonyl (C=O) groups excluding carboxylic acids is 3. The second-order valence-electron chi connectivity index (χ2n) is 6.21. The molecule has 0 radical (unpaired) electrons. The summed E-state index contributed by atoms with van der Waals surface area (Å²) in [5.74, 6) is -1.51. The van der Waals surface area contributed by atoms with E-state index >= 15 is 0 Å². The van der Waals surface area contributed by atoms with Crippen molar-refractivity contribution < 1.29 is 23.5 Å². The van der Waals surface area contributed by atoms with Crippen molar-refractivity contribution in [3.05, 3.63) is 70.5 Å². The van der Waals surface area contributed by atoms with E-state index in [9.17, 15) is 18.8 Å². The number of amides is 2. The maximum Gasteiger partial charge on any atom is 0.306 e. The zero-order chi connectivity index (χ0) is 18.7. The van der Waals surface area contributed by atoms with E-state index in [0.29, 0.717) is 23.1 Å². The molecule has 26 heavy (non-hydrogen) atoms. The second kappa shape index (κ2) is 7.47. The van der Waals surface area contributed by atoms with Crippen LogP contribution < -0.4 is 0 Å². The van der Waals surface area contributed by atoms with Gasteiger partial charge in [-0.05, 0) is 43.2 Å². The molecule has 2 aromatic carbocycles. The van der Waals surface area contributed by atoms with Crippen LogP contribution in [-0.4, -0.2) is 29.2 Å². The molecule has 0 N–H and O–H groups in total. The Morgan fingerprint density at radius 2 is 1.85 bits per heavy atom. The van der Waals surface area contributed by atoms with Crippen molar-refractivity contribution in [2.24, 2.45) is 0 Å². The van der Waals surface area contributed by atoms with Gasteiger partial charge in [-0.1, -0.05) is 23.8 Å². The monoisotopic (exact) mass is 355 g/mol. The highest BCUT2D eigenvalue weighted by atomic mass is 19.1. The molecule has 6 heteroatoms. The van der Waals surface area contributed by atoms with Gasteiger partial charge in [0.25, 0.3) is 11.8 Å². The summed E-state index contributed by atoms with van der Waals surface area (Å²) < 4.78 is 18.2. The zero-order valence-corrected chi connectivity index (χ0v) is 14.3. The van der Waals surface area contributed by atoms with Crippen LogP contribution in [-0.2, 0) is 16.1 Å². The number of hydrogen-bond donors (Lipinski definition) is 0. The third kappa shape index (κ3) is 3.79. The Kier molecular flexibility index (Phi) is 5.11. The Balaban J connectivity index is 1.48. The SMILES string of the molecule is Cc1ccc2c(c1)C(=O)N(CCCC(=O)OCc1cccc(F)c1)C2=O. The van der Waals surface area contributed by atoms with E-state index in [0.717, 1.165) is 10.5 Å². The molecule has 134 valence electrons. The summed E-state index contributed by atoms with van der Waals surface area (Å²) in [7, 11) is 0. The van der Waals surface area contributed by atoms with E-state index in [1.807, 2.05) is 6.92 Å². The first-order chi connectivity index (χ1) is 12.5. The minimum Gasteiger partial charge on any atom is -0.461 e. The molecular weight excluding hydrogens is 337 g/mol. The molecule has 3 rings (SSSR count). The maximum absolute atomic E-state index is 13.1. The molecule has 0 bridgehead atoms. The van der Waals surface area contributed by atoms with Crippen LogP contribution in [0.15, 0.2) is 42.5 Å². The second-order valence-corrected chi connectivity index (χ2v) is 6.21. The van der Waals surface area contributed by atoms with Crippen LogP contribution in [0.5, 0.6) is 0 Å². The summed E-state index contributed by atoms with van der Waals surface area (Å²) in [6.45, 7) is 2.00. The highest BCUT2D eigenvalue weighted by Crippen LogP contribution is 2.24. The van der Waals surface area contributed by atoms with Gasteiger partial charge in [0.05, 0.1) is 11.1 Å². The number of benzene rings is 2. The van der Waals surface area contributed by atoms with Crippen molar-refractivity contribution in [3.63, 3.8) is 0 Å². The van der Waals surface area contributed by atoms with Gasteiger partial charge in [-0.3, -0.25) is 19.3 Å². The fourth-order valence-corrected chi connectivity index (χ4v) is 2.85. The standard InChI is InChI=1S/C20H18FNO4/c1-13-7-8-16-17(10-13)20(25)22(19(16)24)9-3-6-18(23)26-12-14-4-2-5-15(21)11-14/h2,4-5,7-8,10-11H,3,6,9,12H2,1H3. The maximum atomic E-state index is 13.1. The summed E-state index contributed by atoms with van der Waals surface area (Å²) in [5, 5.41) is 0. The molecule has 0 aliphatic carbocycles. The van der Waals surface area contributed by atoms with Crippen LogP contribution in [0.25, 0.3) is 0 Å². The number of imide groups is 1. The Labute approximate surface area is 150 Å². The molecule has 5 nitrogen and oxygen atoms in total. The summed E-state index contributed by atoms with van der Waals surface area (Å²) in [5.41, 5.74) is 2.28.